The van der Waals surface area contributed by atoms with Crippen LogP contribution in [0.2, 0.25) is 0 Å². The minimum absolute atomic E-state index is 0.0145. The van der Waals surface area contributed by atoms with Crippen molar-refractivity contribution in [3.63, 3.8) is 0 Å². The van der Waals surface area contributed by atoms with E-state index in [0.29, 0.717) is 18.5 Å². The standard InChI is InChI=1S/C19H25N5O/c1-3-9-23-10-8-19(7-6-18(23)25)15-24(12-11-22(19)2)17-5-4-16(13-20)14-21-17/h3-5,14H,1,6-12,15H2,2H3/t19-/m0/s1. The highest BCUT2D eigenvalue weighted by atomic mass is 16.2. The van der Waals surface area contributed by atoms with Gasteiger partial charge < -0.3 is 9.80 Å². The number of hydrogen-bond acceptors (Lipinski definition) is 5. The number of amides is 1. The molecule has 0 aromatic carbocycles. The second-order valence-electron chi connectivity index (χ2n) is 6.96. The van der Waals surface area contributed by atoms with Crippen molar-refractivity contribution >= 4 is 11.7 Å². The zero-order valence-corrected chi connectivity index (χ0v) is 14.8. The number of hydrogen-bond donors (Lipinski definition) is 0. The van der Waals surface area contributed by atoms with Gasteiger partial charge in [-0.25, -0.2) is 4.98 Å². The van der Waals surface area contributed by atoms with Crippen molar-refractivity contribution in [2.75, 3.05) is 44.7 Å². The summed E-state index contributed by atoms with van der Waals surface area (Å²) in [5, 5.41) is 8.94. The number of piperazine rings is 1. The van der Waals surface area contributed by atoms with Crippen LogP contribution in [0.25, 0.3) is 0 Å². The van der Waals surface area contributed by atoms with Crippen molar-refractivity contribution in [1.82, 2.24) is 14.8 Å². The molecular formula is C19H25N5O. The Balaban J connectivity index is 1.78. The number of rotatable bonds is 3. The molecule has 2 aliphatic rings. The predicted molar refractivity (Wildman–Crippen MR) is 97.2 cm³/mol. The lowest BCUT2D eigenvalue weighted by Crippen LogP contribution is -2.61. The minimum Gasteiger partial charge on any atom is -0.353 e. The van der Waals surface area contributed by atoms with E-state index in [1.807, 2.05) is 17.0 Å². The smallest absolute Gasteiger partial charge is 0.222 e. The highest BCUT2D eigenvalue weighted by molar-refractivity contribution is 5.76. The van der Waals surface area contributed by atoms with Gasteiger partial charge in [-0.15, -0.1) is 6.58 Å². The first-order chi connectivity index (χ1) is 12.1. The number of anilines is 1. The lowest BCUT2D eigenvalue weighted by atomic mass is 9.86. The molecule has 0 N–H and O–H groups in total. The summed E-state index contributed by atoms with van der Waals surface area (Å²) < 4.78 is 0. The first-order valence-electron chi connectivity index (χ1n) is 8.79. The van der Waals surface area contributed by atoms with E-state index in [4.69, 9.17) is 5.26 Å². The molecule has 1 amide bonds. The van der Waals surface area contributed by atoms with E-state index in [1.165, 1.54) is 0 Å². The Morgan fingerprint density at radius 2 is 2.20 bits per heavy atom. The van der Waals surface area contributed by atoms with Crippen molar-refractivity contribution in [2.24, 2.45) is 0 Å². The molecule has 2 fully saturated rings. The maximum Gasteiger partial charge on any atom is 0.222 e. The van der Waals surface area contributed by atoms with Gasteiger partial charge in [0.25, 0.3) is 0 Å². The molecule has 6 heteroatoms. The summed E-state index contributed by atoms with van der Waals surface area (Å²) >= 11 is 0. The molecule has 2 aliphatic heterocycles. The highest BCUT2D eigenvalue weighted by Crippen LogP contribution is 2.33. The van der Waals surface area contributed by atoms with Crippen molar-refractivity contribution in [2.45, 2.75) is 24.8 Å². The van der Waals surface area contributed by atoms with Gasteiger partial charge in [0, 0.05) is 50.9 Å². The van der Waals surface area contributed by atoms with Crippen LogP contribution in [-0.2, 0) is 4.79 Å². The zero-order chi connectivity index (χ0) is 17.9. The first kappa shape index (κ1) is 17.4. The van der Waals surface area contributed by atoms with E-state index in [9.17, 15) is 4.79 Å². The number of likely N-dealkylation sites (tertiary alicyclic amines) is 1. The van der Waals surface area contributed by atoms with Crippen LogP contribution >= 0.6 is 0 Å². The maximum atomic E-state index is 12.4. The second-order valence-corrected chi connectivity index (χ2v) is 6.96. The van der Waals surface area contributed by atoms with Crippen molar-refractivity contribution in [3.8, 4) is 6.07 Å². The van der Waals surface area contributed by atoms with Crippen LogP contribution in [-0.4, -0.2) is 66.0 Å². The van der Waals surface area contributed by atoms with Crippen LogP contribution in [0.15, 0.2) is 31.0 Å². The quantitative estimate of drug-likeness (QED) is 0.784. The van der Waals surface area contributed by atoms with Gasteiger partial charge >= 0.3 is 0 Å². The van der Waals surface area contributed by atoms with Crippen LogP contribution in [0.5, 0.6) is 0 Å². The fourth-order valence-corrected chi connectivity index (χ4v) is 3.88. The summed E-state index contributed by atoms with van der Waals surface area (Å²) in [6.45, 7) is 7.86. The Morgan fingerprint density at radius 3 is 2.88 bits per heavy atom. The molecule has 6 nitrogen and oxygen atoms in total. The average Bonchev–Trinajstić information content (AvgIpc) is 2.79. The number of carbonyl (C=O) groups excluding carboxylic acids is 1. The molecule has 3 rings (SSSR count). The van der Waals surface area contributed by atoms with Crippen LogP contribution < -0.4 is 4.90 Å². The largest absolute Gasteiger partial charge is 0.353 e. The molecule has 0 saturated carbocycles. The lowest BCUT2D eigenvalue weighted by molar-refractivity contribution is -0.130. The topological polar surface area (TPSA) is 63.5 Å². The number of nitriles is 1. The lowest BCUT2D eigenvalue weighted by Gasteiger charge is -2.49. The highest BCUT2D eigenvalue weighted by Gasteiger charge is 2.42. The summed E-state index contributed by atoms with van der Waals surface area (Å²) in [6.07, 6.45) is 5.82. The van der Waals surface area contributed by atoms with Crippen molar-refractivity contribution in [1.29, 1.82) is 5.26 Å². The SMILES string of the molecule is C=CCN1CC[C@@]2(CCC1=O)CN(c1ccc(C#N)cn1)CCN2C. The molecule has 3 heterocycles. The summed E-state index contributed by atoms with van der Waals surface area (Å²) in [7, 11) is 2.16. The maximum absolute atomic E-state index is 12.4. The number of aromatic nitrogens is 1. The Kier molecular flexibility index (Phi) is 5.05. The van der Waals surface area contributed by atoms with Gasteiger partial charge in [0.15, 0.2) is 0 Å². The minimum atomic E-state index is -0.0145. The van der Waals surface area contributed by atoms with Crippen molar-refractivity contribution < 1.29 is 4.79 Å². The molecule has 1 aromatic heterocycles. The Bertz CT molecular complexity index is 680. The van der Waals surface area contributed by atoms with Gasteiger partial charge in [-0.1, -0.05) is 6.08 Å². The molecular weight excluding hydrogens is 314 g/mol. The number of carbonyl (C=O) groups is 1. The Morgan fingerprint density at radius 1 is 1.36 bits per heavy atom. The Labute approximate surface area is 149 Å². The summed E-state index contributed by atoms with van der Waals surface area (Å²) in [6, 6.07) is 5.85. The third-order valence-corrected chi connectivity index (χ3v) is 5.55. The van der Waals surface area contributed by atoms with Gasteiger partial charge in [-0.2, -0.15) is 5.26 Å². The summed E-state index contributed by atoms with van der Waals surface area (Å²) in [5.41, 5.74) is 0.562. The van der Waals surface area contributed by atoms with Crippen LogP contribution in [0.1, 0.15) is 24.8 Å². The van der Waals surface area contributed by atoms with Gasteiger partial charge in [-0.3, -0.25) is 9.69 Å². The first-order valence-corrected chi connectivity index (χ1v) is 8.79. The molecule has 0 bridgehead atoms. The van der Waals surface area contributed by atoms with E-state index in [2.05, 4.69) is 34.5 Å². The van der Waals surface area contributed by atoms with Gasteiger partial charge in [0.2, 0.25) is 5.91 Å². The van der Waals surface area contributed by atoms with E-state index >= 15 is 0 Å². The van der Waals surface area contributed by atoms with Gasteiger partial charge in [0.05, 0.1) is 5.56 Å². The zero-order valence-electron chi connectivity index (χ0n) is 14.8. The van der Waals surface area contributed by atoms with E-state index in [0.717, 1.165) is 44.8 Å². The van der Waals surface area contributed by atoms with E-state index < -0.39 is 0 Å². The number of nitrogens with zero attached hydrogens (tertiary/aromatic N) is 5. The van der Waals surface area contributed by atoms with Crippen molar-refractivity contribution in [3.05, 3.63) is 36.5 Å². The molecule has 1 aromatic rings. The molecule has 25 heavy (non-hydrogen) atoms. The van der Waals surface area contributed by atoms with E-state index in [-0.39, 0.29) is 11.4 Å². The monoisotopic (exact) mass is 339 g/mol. The van der Waals surface area contributed by atoms with Crippen LogP contribution in [0.3, 0.4) is 0 Å². The van der Waals surface area contributed by atoms with E-state index in [1.54, 1.807) is 12.3 Å². The number of likely N-dealkylation sites (N-methyl/N-ethyl adjacent to an activating group) is 1. The molecule has 1 spiro atoms. The fraction of sp³-hybridized carbons (Fsp3) is 0.526. The Hall–Kier alpha value is -2.39. The van der Waals surface area contributed by atoms with Crippen LogP contribution in [0, 0.1) is 11.3 Å². The summed E-state index contributed by atoms with van der Waals surface area (Å²) in [4.78, 5) is 23.4. The average molecular weight is 339 g/mol. The predicted octanol–water partition coefficient (Wildman–Crippen LogP) is 1.64. The molecule has 1 atom stereocenters. The number of pyridine rings is 1. The second kappa shape index (κ2) is 7.24. The summed E-state index contributed by atoms with van der Waals surface area (Å²) in [5.74, 6) is 1.13. The van der Waals surface area contributed by atoms with Gasteiger partial charge in [-0.05, 0) is 32.0 Å². The molecule has 0 radical (unpaired) electrons. The third kappa shape index (κ3) is 3.52. The molecule has 2 saturated heterocycles. The fourth-order valence-electron chi connectivity index (χ4n) is 3.88. The molecule has 132 valence electrons. The van der Waals surface area contributed by atoms with Gasteiger partial charge in [0.1, 0.15) is 11.9 Å². The third-order valence-electron chi connectivity index (χ3n) is 5.55. The molecule has 0 aliphatic carbocycles. The molecule has 0 unspecified atom stereocenters. The normalized spacial score (nSPS) is 24.9. The van der Waals surface area contributed by atoms with Crippen LogP contribution in [0.4, 0.5) is 5.82 Å².